The van der Waals surface area contributed by atoms with Gasteiger partial charge in [-0.1, -0.05) is 54.1 Å². The minimum Gasteiger partial charge on any atom is -0.497 e. The summed E-state index contributed by atoms with van der Waals surface area (Å²) in [5, 5.41) is 13.4. The highest BCUT2D eigenvalue weighted by Crippen LogP contribution is 2.33. The fourth-order valence-electron chi connectivity index (χ4n) is 4.06. The lowest BCUT2D eigenvalue weighted by atomic mass is 10.0. The normalized spacial score (nSPS) is 12.7. The van der Waals surface area contributed by atoms with Crippen LogP contribution in [0.4, 0.5) is 4.39 Å². The molecule has 4 aromatic rings. The van der Waals surface area contributed by atoms with Gasteiger partial charge in [0.1, 0.15) is 11.6 Å². The van der Waals surface area contributed by atoms with Gasteiger partial charge in [0.05, 0.1) is 18.7 Å². The molecule has 0 aliphatic carbocycles. The van der Waals surface area contributed by atoms with Crippen LogP contribution in [0, 0.1) is 5.82 Å². The molecule has 0 spiro atoms. The predicted octanol–water partition coefficient (Wildman–Crippen LogP) is 6.02. The number of hydrogen-bond donors (Lipinski definition) is 0. The van der Waals surface area contributed by atoms with E-state index in [9.17, 15) is 4.39 Å². The largest absolute Gasteiger partial charge is 0.497 e. The van der Waals surface area contributed by atoms with Crippen molar-refractivity contribution in [2.45, 2.75) is 45.4 Å². The number of hydrogen-bond acceptors (Lipinski definition) is 5. The van der Waals surface area contributed by atoms with Gasteiger partial charge in [0.2, 0.25) is 0 Å². The van der Waals surface area contributed by atoms with Crippen LogP contribution in [0.3, 0.4) is 0 Å². The molecule has 0 unspecified atom stereocenters. The third kappa shape index (κ3) is 5.86. The van der Waals surface area contributed by atoms with Crippen molar-refractivity contribution in [3.8, 4) is 5.75 Å². The van der Waals surface area contributed by atoms with E-state index < -0.39 is 0 Å². The third-order valence-electron chi connectivity index (χ3n) is 5.80. The molecule has 1 atom stereocenters. The Morgan fingerprint density at radius 3 is 2.29 bits per heavy atom. The minimum atomic E-state index is -0.358. The number of nitrogens with zero attached hydrogens (tertiary/aromatic N) is 5. The van der Waals surface area contributed by atoms with Crippen LogP contribution >= 0.6 is 11.6 Å². The van der Waals surface area contributed by atoms with Crippen LogP contribution in [0.15, 0.2) is 72.8 Å². The summed E-state index contributed by atoms with van der Waals surface area (Å²) in [6.45, 7) is 7.27. The van der Waals surface area contributed by atoms with Gasteiger partial charge < -0.3 is 4.74 Å². The zero-order valence-corrected chi connectivity index (χ0v) is 21.1. The Morgan fingerprint density at radius 2 is 1.66 bits per heavy atom. The molecule has 1 heterocycles. The van der Waals surface area contributed by atoms with Crippen molar-refractivity contribution in [3.05, 3.63) is 106 Å². The molecule has 0 N–H and O–H groups in total. The Hall–Kier alpha value is -3.29. The maximum atomic E-state index is 13.9. The van der Waals surface area contributed by atoms with Crippen molar-refractivity contribution in [1.29, 1.82) is 0 Å². The summed E-state index contributed by atoms with van der Waals surface area (Å²) in [7, 11) is 1.65. The van der Waals surface area contributed by atoms with Crippen molar-refractivity contribution >= 4 is 11.6 Å². The summed E-state index contributed by atoms with van der Waals surface area (Å²) in [4.78, 5) is 2.25. The first-order valence-electron chi connectivity index (χ1n) is 11.4. The molecular weight excluding hydrogens is 465 g/mol. The highest BCUT2D eigenvalue weighted by molar-refractivity contribution is 6.31. The first-order chi connectivity index (χ1) is 16.8. The monoisotopic (exact) mass is 493 g/mol. The van der Waals surface area contributed by atoms with Crippen molar-refractivity contribution in [2.75, 3.05) is 7.11 Å². The second-order valence-corrected chi connectivity index (χ2v) is 9.83. The molecule has 0 fully saturated rings. The summed E-state index contributed by atoms with van der Waals surface area (Å²) < 4.78 is 21.0. The van der Waals surface area contributed by atoms with E-state index in [4.69, 9.17) is 16.3 Å². The Bertz CT molecular complexity index is 1250. The number of halogens is 2. The second kappa shape index (κ2) is 10.5. The number of aromatic nitrogens is 4. The van der Waals surface area contributed by atoms with Gasteiger partial charge in [-0.2, -0.15) is 0 Å². The summed E-state index contributed by atoms with van der Waals surface area (Å²) in [5.41, 5.74) is 2.59. The molecule has 182 valence electrons. The molecule has 0 bridgehead atoms. The number of rotatable bonds is 8. The van der Waals surface area contributed by atoms with E-state index in [0.717, 1.165) is 22.4 Å². The SMILES string of the molecule is COc1ccc(CN(Cc2ccccc2Cl)[C@@H](c2ccc(F)cc2)c2nnnn2C(C)(C)C)cc1. The van der Waals surface area contributed by atoms with Gasteiger partial charge in [-0.3, -0.25) is 4.90 Å². The summed E-state index contributed by atoms with van der Waals surface area (Å²) in [6.07, 6.45) is 0. The van der Waals surface area contributed by atoms with Gasteiger partial charge >= 0.3 is 0 Å². The van der Waals surface area contributed by atoms with Crippen molar-refractivity contribution < 1.29 is 9.13 Å². The topological polar surface area (TPSA) is 56.1 Å². The minimum absolute atomic E-state index is 0.296. The van der Waals surface area contributed by atoms with E-state index in [2.05, 4.69) is 41.2 Å². The van der Waals surface area contributed by atoms with Crippen molar-refractivity contribution in [3.63, 3.8) is 0 Å². The molecule has 0 radical (unpaired) electrons. The van der Waals surface area contributed by atoms with E-state index in [1.807, 2.05) is 53.2 Å². The van der Waals surface area contributed by atoms with E-state index in [1.165, 1.54) is 12.1 Å². The van der Waals surface area contributed by atoms with Crippen molar-refractivity contribution in [2.24, 2.45) is 0 Å². The number of benzene rings is 3. The maximum Gasteiger partial charge on any atom is 0.173 e. The third-order valence-corrected chi connectivity index (χ3v) is 6.17. The highest BCUT2D eigenvalue weighted by Gasteiger charge is 2.32. The van der Waals surface area contributed by atoms with Gasteiger partial charge in [-0.25, -0.2) is 9.07 Å². The number of ether oxygens (including phenoxy) is 1. The molecule has 6 nitrogen and oxygen atoms in total. The van der Waals surface area contributed by atoms with Crippen LogP contribution in [-0.2, 0) is 18.6 Å². The summed E-state index contributed by atoms with van der Waals surface area (Å²) >= 11 is 6.57. The zero-order valence-electron chi connectivity index (χ0n) is 20.3. The Kier molecular flexibility index (Phi) is 7.48. The van der Waals surface area contributed by atoms with Crippen LogP contribution < -0.4 is 4.74 Å². The molecule has 0 aliphatic rings. The lowest BCUT2D eigenvalue weighted by Crippen LogP contribution is -2.35. The van der Waals surface area contributed by atoms with Crippen LogP contribution in [0.5, 0.6) is 5.75 Å². The van der Waals surface area contributed by atoms with E-state index in [-0.39, 0.29) is 17.4 Å². The standard InChI is InChI=1S/C27H29ClFN5O/c1-27(2,3)34-26(30-31-32-34)25(20-11-13-22(29)14-12-20)33(18-21-7-5-6-8-24(21)28)17-19-9-15-23(35-4)16-10-19/h5-16,25H,17-18H2,1-4H3/t25-/m0/s1. The molecule has 1 aromatic heterocycles. The molecule has 0 saturated heterocycles. The van der Waals surface area contributed by atoms with Gasteiger partial charge in [-0.05, 0) is 78.2 Å². The van der Waals surface area contributed by atoms with Crippen LogP contribution in [0.2, 0.25) is 5.02 Å². The Balaban J connectivity index is 1.84. The molecule has 8 heteroatoms. The quantitative estimate of drug-likeness (QED) is 0.300. The molecule has 4 rings (SSSR count). The smallest absolute Gasteiger partial charge is 0.173 e. The van der Waals surface area contributed by atoms with Crippen LogP contribution in [0.25, 0.3) is 0 Å². The Labute approximate surface area is 210 Å². The first-order valence-corrected chi connectivity index (χ1v) is 11.8. The van der Waals surface area contributed by atoms with Crippen molar-refractivity contribution in [1.82, 2.24) is 25.1 Å². The second-order valence-electron chi connectivity index (χ2n) is 9.42. The molecule has 0 aliphatic heterocycles. The lowest BCUT2D eigenvalue weighted by Gasteiger charge is -2.33. The van der Waals surface area contributed by atoms with E-state index in [0.29, 0.717) is 23.9 Å². The van der Waals surface area contributed by atoms with Gasteiger partial charge in [-0.15, -0.1) is 5.10 Å². The highest BCUT2D eigenvalue weighted by atomic mass is 35.5. The van der Waals surface area contributed by atoms with E-state index >= 15 is 0 Å². The van der Waals surface area contributed by atoms with Crippen LogP contribution in [0.1, 0.15) is 49.3 Å². The number of methoxy groups -OCH3 is 1. The molecule has 35 heavy (non-hydrogen) atoms. The molecule has 0 amide bonds. The average Bonchev–Trinajstić information content (AvgIpc) is 3.32. The first kappa shape index (κ1) is 24.8. The predicted molar refractivity (Wildman–Crippen MR) is 135 cm³/mol. The fourth-order valence-corrected chi connectivity index (χ4v) is 4.26. The van der Waals surface area contributed by atoms with E-state index in [1.54, 1.807) is 19.2 Å². The van der Waals surface area contributed by atoms with Gasteiger partial charge in [0.25, 0.3) is 0 Å². The summed E-state index contributed by atoms with van der Waals surface area (Å²) in [5.74, 6) is 1.17. The van der Waals surface area contributed by atoms with Crippen LogP contribution in [-0.4, -0.2) is 32.2 Å². The summed E-state index contributed by atoms with van der Waals surface area (Å²) in [6, 6.07) is 21.9. The maximum absolute atomic E-state index is 13.9. The molecular formula is C27H29ClFN5O. The Morgan fingerprint density at radius 1 is 0.971 bits per heavy atom. The zero-order chi connectivity index (χ0) is 25.0. The molecule has 0 saturated carbocycles. The van der Waals surface area contributed by atoms with Gasteiger partial charge in [0.15, 0.2) is 5.82 Å². The lowest BCUT2D eigenvalue weighted by molar-refractivity contribution is 0.185. The number of tetrazole rings is 1. The fraction of sp³-hybridized carbons (Fsp3) is 0.296. The van der Waals surface area contributed by atoms with Gasteiger partial charge in [0, 0.05) is 18.1 Å². The average molecular weight is 494 g/mol. The molecule has 3 aromatic carbocycles.